The number of aliphatic hydroxyl groups is 1. The van der Waals surface area contributed by atoms with Crippen LogP contribution in [0.15, 0.2) is 41.8 Å². The zero-order chi connectivity index (χ0) is 56.4. The Morgan fingerprint density at radius 1 is 0.831 bits per heavy atom. The minimum Gasteiger partial charge on any atom is -0.508 e. The molecule has 10 atom stereocenters. The van der Waals surface area contributed by atoms with Gasteiger partial charge in [0.15, 0.2) is 0 Å². The van der Waals surface area contributed by atoms with Crippen molar-refractivity contribution in [2.45, 2.75) is 170 Å². The number of nitrogens with two attached hydrogens (primary N) is 3. The summed E-state index contributed by atoms with van der Waals surface area (Å²) in [6.07, 6.45) is 2.62. The number of carbonyl (C=O) groups excluding carboxylic acids is 10. The predicted octanol–water partition coefficient (Wildman–Crippen LogP) is -0.362. The van der Waals surface area contributed by atoms with E-state index in [-0.39, 0.29) is 63.1 Å². The zero-order valence-electron chi connectivity index (χ0n) is 43.7. The van der Waals surface area contributed by atoms with Crippen LogP contribution in [0, 0.1) is 5.92 Å². The number of thiophene rings is 1. The fourth-order valence-corrected chi connectivity index (χ4v) is 13.7. The lowest BCUT2D eigenvalue weighted by Crippen LogP contribution is -2.63. The highest BCUT2D eigenvalue weighted by atomic mass is 33.1. The van der Waals surface area contributed by atoms with Gasteiger partial charge in [0.05, 0.1) is 12.5 Å². The molecule has 1 aliphatic carbocycles. The number of rotatable bonds is 18. The SMILES string of the molecule is CC[C@H](C)[C@@H]1NC(=O)[C@@H](Cc2cccs2)NC(=O)CC2(CCCCC2)SSC[C@@H](C(=O)N2CCC[C@H]2C(=O)N[C@@H](CCCN)C(=O)N[C@@H](Cc2ccc(O)cc2)C(N)=O)NC(=O)[C@H](CC(N)=O)NC(=O)C([C@@H](C)O)NC1=O. The van der Waals surface area contributed by atoms with Crippen LogP contribution in [0.2, 0.25) is 0 Å². The van der Waals surface area contributed by atoms with E-state index in [9.17, 15) is 58.2 Å². The van der Waals surface area contributed by atoms with Gasteiger partial charge in [0.25, 0.3) is 0 Å². The average Bonchev–Trinajstić information content (AvgIpc) is 4.10. The molecule has 1 unspecified atom stereocenters. The van der Waals surface area contributed by atoms with Crippen LogP contribution in [0.25, 0.3) is 0 Å². The van der Waals surface area contributed by atoms with E-state index in [4.69, 9.17) is 17.2 Å². The lowest BCUT2D eigenvalue weighted by molar-refractivity contribution is -0.142. The predicted molar refractivity (Wildman–Crippen MR) is 291 cm³/mol. The minimum atomic E-state index is -1.74. The first-order valence-corrected chi connectivity index (χ1v) is 29.3. The Balaban J connectivity index is 1.47. The number of phenolic OH excluding ortho intramolecular Hbond substituents is 1. The monoisotopic (exact) mass is 1130 g/mol. The number of phenols is 1. The van der Waals surface area contributed by atoms with Gasteiger partial charge in [-0.15, -0.1) is 11.3 Å². The van der Waals surface area contributed by atoms with E-state index in [1.165, 1.54) is 56.9 Å². The second-order valence-electron chi connectivity index (χ2n) is 20.1. The van der Waals surface area contributed by atoms with Gasteiger partial charge in [0.1, 0.15) is 54.1 Å². The van der Waals surface area contributed by atoms with Gasteiger partial charge in [-0.05, 0) is 87.1 Å². The number of hydrogen-bond acceptors (Lipinski definition) is 16. The highest BCUT2D eigenvalue weighted by molar-refractivity contribution is 8.77. The van der Waals surface area contributed by atoms with Gasteiger partial charge in [-0.1, -0.05) is 79.3 Å². The van der Waals surface area contributed by atoms with E-state index in [1.54, 1.807) is 26.0 Å². The quantitative estimate of drug-likeness (QED) is 0.0849. The van der Waals surface area contributed by atoms with Crippen LogP contribution in [0.3, 0.4) is 0 Å². The Labute approximate surface area is 460 Å². The van der Waals surface area contributed by atoms with Crippen LogP contribution >= 0.6 is 32.9 Å². The molecule has 1 aromatic carbocycles. The van der Waals surface area contributed by atoms with E-state index in [0.29, 0.717) is 31.2 Å². The topological polar surface area (TPSA) is 377 Å². The van der Waals surface area contributed by atoms with Crippen LogP contribution in [-0.4, -0.2) is 152 Å². The number of aromatic hydroxyl groups is 1. The van der Waals surface area contributed by atoms with Crippen LogP contribution in [0.5, 0.6) is 5.75 Å². The number of benzene rings is 1. The van der Waals surface area contributed by atoms with E-state index < -0.39 is 131 Å². The molecule has 1 saturated carbocycles. The van der Waals surface area contributed by atoms with Crippen LogP contribution in [0.1, 0.15) is 108 Å². The number of aliphatic hydroxyl groups excluding tert-OH is 1. The third kappa shape index (κ3) is 18.3. The van der Waals surface area contributed by atoms with Crippen LogP contribution in [-0.2, 0) is 60.8 Å². The smallest absolute Gasteiger partial charge is 0.246 e. The Kier molecular flexibility index (Phi) is 23.9. The molecule has 2 saturated heterocycles. The molecular formula is C51H75N11O12S3. The molecule has 10 amide bonds. The molecule has 3 fully saturated rings. The molecule has 15 N–H and O–H groups in total. The van der Waals surface area contributed by atoms with E-state index >= 15 is 0 Å². The third-order valence-corrected chi connectivity index (χ3v) is 18.3. The molecule has 77 heavy (non-hydrogen) atoms. The molecule has 0 bridgehead atoms. The molecule has 5 rings (SSSR count). The number of nitrogens with zero attached hydrogens (tertiary/aromatic N) is 1. The van der Waals surface area contributed by atoms with Crippen molar-refractivity contribution in [2.75, 3.05) is 18.8 Å². The number of carbonyl (C=O) groups is 10. The maximum Gasteiger partial charge on any atom is 0.246 e. The van der Waals surface area contributed by atoms with Gasteiger partial charge in [0, 0.05) is 41.2 Å². The Morgan fingerprint density at radius 2 is 1.51 bits per heavy atom. The summed E-state index contributed by atoms with van der Waals surface area (Å²) in [5.41, 5.74) is 17.7. The molecule has 1 aromatic heterocycles. The summed E-state index contributed by atoms with van der Waals surface area (Å²) in [5, 5.41) is 41.1. The average molecular weight is 1130 g/mol. The zero-order valence-corrected chi connectivity index (χ0v) is 46.2. The lowest BCUT2D eigenvalue weighted by Gasteiger charge is -2.37. The highest BCUT2D eigenvalue weighted by Gasteiger charge is 2.43. The van der Waals surface area contributed by atoms with Crippen molar-refractivity contribution in [3.8, 4) is 5.75 Å². The summed E-state index contributed by atoms with van der Waals surface area (Å²) in [5.74, 6) is -8.76. The summed E-state index contributed by atoms with van der Waals surface area (Å²) in [6.45, 7) is 4.92. The maximum atomic E-state index is 14.9. The van der Waals surface area contributed by atoms with E-state index in [2.05, 4.69) is 37.2 Å². The largest absolute Gasteiger partial charge is 0.508 e. The van der Waals surface area contributed by atoms with Gasteiger partial charge in [-0.3, -0.25) is 47.9 Å². The van der Waals surface area contributed by atoms with E-state index in [0.717, 1.165) is 24.1 Å². The molecule has 2 aromatic rings. The summed E-state index contributed by atoms with van der Waals surface area (Å²) in [4.78, 5) is 141. The number of hydrogen-bond donors (Lipinski definition) is 12. The molecule has 23 nitrogen and oxygen atoms in total. The third-order valence-electron chi connectivity index (χ3n) is 14.1. The van der Waals surface area contributed by atoms with Gasteiger partial charge >= 0.3 is 0 Å². The standard InChI is InChI=1S/C51H75N11O12S3/c1-4-28(2)41-48(72)61-42(29(3)63)49(73)58-36(25-39(53)65)45(69)59-37(27-76-77-51(18-6-5-7-19-51)26-40(66)55-35(46(70)60-41)24-32-11-10-22-75-32)50(74)62-21-9-13-38(62)47(71)56-33(12-8-20-52)44(68)57-34(43(54)67)23-30-14-16-31(64)17-15-30/h10-11,14-17,22,28-29,33-38,41-42,63-64H,4-9,12-13,18-21,23-27,52H2,1-3H3,(H2,53,65)(H2,54,67)(H,55,66)(H,56,71)(H,57,68)(H,58,73)(H,59,69)(H,60,70)(H,61,72)/t28-,29+,33-,34-,35+,36-,37-,38-,41-,42?/m0/s1. The Hall–Kier alpha value is -5.96. The molecule has 424 valence electrons. The number of amides is 10. The Bertz CT molecular complexity index is 2390. The van der Waals surface area contributed by atoms with Crippen LogP contribution < -0.4 is 54.4 Å². The summed E-state index contributed by atoms with van der Waals surface area (Å²) < 4.78 is -0.695. The van der Waals surface area contributed by atoms with Crippen molar-refractivity contribution in [1.29, 1.82) is 0 Å². The first-order valence-electron chi connectivity index (χ1n) is 26.1. The van der Waals surface area contributed by atoms with Crippen molar-refractivity contribution < 1.29 is 58.2 Å². The molecule has 3 aliphatic rings. The number of nitrogens with one attached hydrogen (secondary N) is 7. The highest BCUT2D eigenvalue weighted by Crippen LogP contribution is 2.48. The fourth-order valence-electron chi connectivity index (χ4n) is 9.54. The van der Waals surface area contributed by atoms with Crippen molar-refractivity contribution in [2.24, 2.45) is 23.1 Å². The number of likely N-dealkylation sites (tertiary alicyclic amines) is 1. The summed E-state index contributed by atoms with van der Waals surface area (Å²) in [6, 6.07) is -1.26. The van der Waals surface area contributed by atoms with Crippen molar-refractivity contribution in [1.82, 2.24) is 42.1 Å². The summed E-state index contributed by atoms with van der Waals surface area (Å²) in [7, 11) is 2.56. The Morgan fingerprint density at radius 3 is 2.13 bits per heavy atom. The maximum absolute atomic E-state index is 14.9. The van der Waals surface area contributed by atoms with Crippen LogP contribution in [0.4, 0.5) is 0 Å². The number of primary amides is 2. The normalized spacial score (nSPS) is 24.6. The minimum absolute atomic E-state index is 0.00242. The van der Waals surface area contributed by atoms with Crippen molar-refractivity contribution in [3.63, 3.8) is 0 Å². The van der Waals surface area contributed by atoms with E-state index in [1.807, 2.05) is 17.5 Å². The first-order chi connectivity index (χ1) is 36.6. The van der Waals surface area contributed by atoms with Gasteiger partial charge < -0.3 is 69.5 Å². The second-order valence-corrected chi connectivity index (χ2v) is 23.9. The second kappa shape index (κ2) is 29.7. The van der Waals surface area contributed by atoms with Crippen molar-refractivity contribution in [3.05, 3.63) is 52.2 Å². The lowest BCUT2D eigenvalue weighted by atomic mass is 9.85. The first kappa shape index (κ1) is 61.9. The molecule has 2 aliphatic heterocycles. The molecule has 0 radical (unpaired) electrons. The molecule has 1 spiro atoms. The van der Waals surface area contributed by atoms with Gasteiger partial charge in [0.2, 0.25) is 59.1 Å². The van der Waals surface area contributed by atoms with Gasteiger partial charge in [-0.25, -0.2) is 0 Å². The summed E-state index contributed by atoms with van der Waals surface area (Å²) >= 11 is 1.39. The molecule has 26 heteroatoms. The molecule has 3 heterocycles. The van der Waals surface area contributed by atoms with Gasteiger partial charge in [-0.2, -0.15) is 0 Å². The van der Waals surface area contributed by atoms with Crippen molar-refractivity contribution >= 4 is 92.0 Å². The fraction of sp³-hybridized carbons (Fsp3) is 0.608. The molecular weight excluding hydrogens is 1050 g/mol.